The van der Waals surface area contributed by atoms with Crippen LogP contribution >= 0.6 is 0 Å². The third-order valence-electron chi connectivity index (χ3n) is 5.88. The van der Waals surface area contributed by atoms with Crippen molar-refractivity contribution in [1.82, 2.24) is 19.9 Å². The third kappa shape index (κ3) is 3.75. The van der Waals surface area contributed by atoms with Crippen molar-refractivity contribution in [3.05, 3.63) is 47.7 Å². The smallest absolute Gasteiger partial charge is 0.431 e. The van der Waals surface area contributed by atoms with Gasteiger partial charge in [-0.15, -0.1) is 0 Å². The number of ether oxygens (including phenoxy) is 2. The van der Waals surface area contributed by atoms with Crippen LogP contribution in [0.25, 0.3) is 11.0 Å². The lowest BCUT2D eigenvalue weighted by Gasteiger charge is -2.43. The van der Waals surface area contributed by atoms with Gasteiger partial charge in [-0.25, -0.2) is 14.4 Å². The standard InChI is InChI=1S/C21H21F4N5O2/c1-11-8-30(5-6-31-11)15-9-32-18-12(3-2-4-14(18)22)17(15)29-20-13-7-16(21(23,24)25)28-19(13)26-10-27-20/h2-4,7,10-11,15,17H,5-6,8-9H2,1H3,(H2,26,27,28,29). The van der Waals surface area contributed by atoms with E-state index in [1.165, 1.54) is 12.4 Å². The Morgan fingerprint density at radius 2 is 2.09 bits per heavy atom. The zero-order valence-corrected chi connectivity index (χ0v) is 17.1. The molecule has 3 unspecified atom stereocenters. The Kier molecular flexibility index (Phi) is 5.17. The average Bonchev–Trinajstić information content (AvgIpc) is 3.20. The number of halogens is 4. The molecule has 4 heterocycles. The number of alkyl halides is 3. The highest BCUT2D eigenvalue weighted by atomic mass is 19.4. The maximum absolute atomic E-state index is 14.5. The van der Waals surface area contributed by atoms with E-state index in [-0.39, 0.29) is 41.4 Å². The number of benzene rings is 1. The number of hydrogen-bond acceptors (Lipinski definition) is 6. The Bertz CT molecular complexity index is 1140. The van der Waals surface area contributed by atoms with Crippen LogP contribution in [0, 0.1) is 5.82 Å². The molecule has 1 saturated heterocycles. The normalized spacial score (nSPS) is 24.2. The van der Waals surface area contributed by atoms with E-state index in [1.807, 2.05) is 6.92 Å². The molecule has 0 bridgehead atoms. The fourth-order valence-electron chi connectivity index (χ4n) is 4.39. The Hall–Kier alpha value is -2.92. The first-order valence-corrected chi connectivity index (χ1v) is 10.3. The van der Waals surface area contributed by atoms with E-state index in [4.69, 9.17) is 9.47 Å². The van der Waals surface area contributed by atoms with Crippen LogP contribution in [0.3, 0.4) is 0 Å². The van der Waals surface area contributed by atoms with Crippen molar-refractivity contribution in [2.24, 2.45) is 0 Å². The minimum Gasteiger partial charge on any atom is -0.488 e. The molecular weight excluding hydrogens is 430 g/mol. The minimum absolute atomic E-state index is 0.0167. The van der Waals surface area contributed by atoms with Crippen molar-refractivity contribution in [2.45, 2.75) is 31.3 Å². The monoisotopic (exact) mass is 451 g/mol. The van der Waals surface area contributed by atoms with Crippen LogP contribution in [-0.4, -0.2) is 58.3 Å². The predicted octanol–water partition coefficient (Wildman–Crippen LogP) is 3.75. The Labute approximate surface area is 180 Å². The molecule has 1 aromatic carbocycles. The molecule has 0 spiro atoms. The molecular formula is C21H21F4N5O2. The highest BCUT2D eigenvalue weighted by molar-refractivity contribution is 5.88. The number of rotatable bonds is 3. The van der Waals surface area contributed by atoms with Crippen LogP contribution in [-0.2, 0) is 10.9 Å². The maximum Gasteiger partial charge on any atom is 0.431 e. The van der Waals surface area contributed by atoms with Crippen molar-refractivity contribution in [1.29, 1.82) is 0 Å². The number of H-pyrrole nitrogens is 1. The third-order valence-corrected chi connectivity index (χ3v) is 5.88. The number of aromatic nitrogens is 3. The van der Waals surface area contributed by atoms with Crippen LogP contribution < -0.4 is 10.1 Å². The molecule has 2 aliphatic rings. The molecule has 2 aromatic heterocycles. The summed E-state index contributed by atoms with van der Waals surface area (Å²) in [5.41, 5.74) is -0.260. The van der Waals surface area contributed by atoms with E-state index < -0.39 is 23.7 Å². The van der Waals surface area contributed by atoms with E-state index in [2.05, 4.69) is 25.2 Å². The van der Waals surface area contributed by atoms with Gasteiger partial charge < -0.3 is 19.8 Å². The van der Waals surface area contributed by atoms with Gasteiger partial charge in [-0.3, -0.25) is 4.90 Å². The van der Waals surface area contributed by atoms with Gasteiger partial charge in [-0.05, 0) is 19.1 Å². The molecule has 170 valence electrons. The quantitative estimate of drug-likeness (QED) is 0.591. The van der Waals surface area contributed by atoms with Gasteiger partial charge in [0.25, 0.3) is 0 Å². The van der Waals surface area contributed by atoms with E-state index in [0.29, 0.717) is 25.3 Å². The van der Waals surface area contributed by atoms with Gasteiger partial charge >= 0.3 is 6.18 Å². The average molecular weight is 451 g/mol. The SMILES string of the molecule is CC1CN(C2COc3c(F)cccc3C2Nc2ncnc3[nH]c(C(F)(F)F)cc23)CCO1. The molecule has 1 fully saturated rings. The second kappa shape index (κ2) is 7.89. The van der Waals surface area contributed by atoms with Gasteiger partial charge in [0, 0.05) is 18.7 Å². The van der Waals surface area contributed by atoms with E-state index in [1.54, 1.807) is 12.1 Å². The summed E-state index contributed by atoms with van der Waals surface area (Å²) in [6.07, 6.45) is -3.33. The van der Waals surface area contributed by atoms with E-state index >= 15 is 0 Å². The summed E-state index contributed by atoms with van der Waals surface area (Å²) in [5, 5.41) is 3.47. The van der Waals surface area contributed by atoms with Crippen LogP contribution in [0.4, 0.5) is 23.4 Å². The summed E-state index contributed by atoms with van der Waals surface area (Å²) >= 11 is 0. The highest BCUT2D eigenvalue weighted by Gasteiger charge is 2.39. The van der Waals surface area contributed by atoms with Crippen molar-refractivity contribution >= 4 is 16.9 Å². The summed E-state index contributed by atoms with van der Waals surface area (Å²) in [6, 6.07) is 4.96. The molecule has 0 aliphatic carbocycles. The lowest BCUT2D eigenvalue weighted by atomic mass is 9.94. The molecule has 3 atom stereocenters. The lowest BCUT2D eigenvalue weighted by molar-refractivity contribution is -0.140. The van der Waals surface area contributed by atoms with Crippen molar-refractivity contribution in [3.63, 3.8) is 0 Å². The number of hydrogen-bond donors (Lipinski definition) is 2. The molecule has 11 heteroatoms. The number of nitrogens with zero attached hydrogens (tertiary/aromatic N) is 3. The summed E-state index contributed by atoms with van der Waals surface area (Å²) < 4.78 is 65.5. The minimum atomic E-state index is -4.54. The highest BCUT2D eigenvalue weighted by Crippen LogP contribution is 2.40. The summed E-state index contributed by atoms with van der Waals surface area (Å²) in [5.74, 6) is -0.120. The Morgan fingerprint density at radius 1 is 1.25 bits per heavy atom. The maximum atomic E-state index is 14.5. The molecule has 0 radical (unpaired) electrons. The molecule has 2 aliphatic heterocycles. The fraction of sp³-hybridized carbons (Fsp3) is 0.429. The molecule has 32 heavy (non-hydrogen) atoms. The number of morpholine rings is 1. The van der Waals surface area contributed by atoms with Gasteiger partial charge in [0.1, 0.15) is 30.1 Å². The van der Waals surface area contributed by atoms with Crippen molar-refractivity contribution < 1.29 is 27.0 Å². The largest absolute Gasteiger partial charge is 0.488 e. The van der Waals surface area contributed by atoms with Crippen LogP contribution in [0.5, 0.6) is 5.75 Å². The molecule has 7 nitrogen and oxygen atoms in total. The lowest BCUT2D eigenvalue weighted by Crippen LogP contribution is -2.54. The van der Waals surface area contributed by atoms with Crippen molar-refractivity contribution in [2.75, 3.05) is 31.6 Å². The van der Waals surface area contributed by atoms with E-state index in [0.717, 1.165) is 6.07 Å². The molecule has 2 N–H and O–H groups in total. The zero-order valence-electron chi connectivity index (χ0n) is 17.1. The summed E-state index contributed by atoms with van der Waals surface area (Å²) in [6.45, 7) is 4.04. The summed E-state index contributed by atoms with van der Waals surface area (Å²) in [7, 11) is 0. The van der Waals surface area contributed by atoms with Crippen LogP contribution in [0.2, 0.25) is 0 Å². The summed E-state index contributed by atoms with van der Waals surface area (Å²) in [4.78, 5) is 12.6. The first kappa shape index (κ1) is 21.0. The van der Waals surface area contributed by atoms with Crippen molar-refractivity contribution in [3.8, 4) is 5.75 Å². The van der Waals surface area contributed by atoms with Gasteiger partial charge in [0.05, 0.1) is 30.2 Å². The Morgan fingerprint density at radius 3 is 2.88 bits per heavy atom. The first-order chi connectivity index (χ1) is 15.3. The zero-order chi connectivity index (χ0) is 22.5. The van der Waals surface area contributed by atoms with Gasteiger partial charge in [-0.2, -0.15) is 13.2 Å². The number of fused-ring (bicyclic) bond motifs is 2. The predicted molar refractivity (Wildman–Crippen MR) is 108 cm³/mol. The van der Waals surface area contributed by atoms with Gasteiger partial charge in [-0.1, -0.05) is 12.1 Å². The van der Waals surface area contributed by atoms with Crippen LogP contribution in [0.1, 0.15) is 24.2 Å². The second-order valence-corrected chi connectivity index (χ2v) is 8.00. The molecule has 3 aromatic rings. The first-order valence-electron chi connectivity index (χ1n) is 10.3. The number of aromatic amines is 1. The van der Waals surface area contributed by atoms with Gasteiger partial charge in [0.15, 0.2) is 11.6 Å². The van der Waals surface area contributed by atoms with Gasteiger partial charge in [0.2, 0.25) is 0 Å². The Balaban J connectivity index is 1.56. The molecule has 0 saturated carbocycles. The molecule has 5 rings (SSSR count). The second-order valence-electron chi connectivity index (χ2n) is 8.00. The number of para-hydroxylation sites is 1. The fourth-order valence-corrected chi connectivity index (χ4v) is 4.39. The number of nitrogens with one attached hydrogen (secondary N) is 2. The number of anilines is 1. The molecule has 0 amide bonds. The van der Waals surface area contributed by atoms with E-state index in [9.17, 15) is 17.6 Å². The topological polar surface area (TPSA) is 75.3 Å². The van der Waals surface area contributed by atoms with Crippen LogP contribution in [0.15, 0.2) is 30.6 Å².